The Morgan fingerprint density at radius 2 is 2.11 bits per heavy atom. The van der Waals surface area contributed by atoms with Crippen LogP contribution in [0.2, 0.25) is 0 Å². The Morgan fingerprint density at radius 1 is 1.33 bits per heavy atom. The van der Waals surface area contributed by atoms with Crippen LogP contribution in [0.3, 0.4) is 0 Å². The number of furan rings is 1. The maximum absolute atomic E-state index is 5.85. The van der Waals surface area contributed by atoms with Crippen LogP contribution in [0.1, 0.15) is 45.1 Å². The molecule has 0 aliphatic carbocycles. The lowest BCUT2D eigenvalue weighted by atomic mass is 9.84. The number of nitrogens with zero attached hydrogens (tertiary/aromatic N) is 1. The van der Waals surface area contributed by atoms with E-state index in [0.717, 1.165) is 31.2 Å². The molecule has 0 unspecified atom stereocenters. The van der Waals surface area contributed by atoms with Crippen LogP contribution in [0.15, 0.2) is 16.5 Å². The van der Waals surface area contributed by atoms with Crippen LogP contribution >= 0.6 is 0 Å². The zero-order valence-electron chi connectivity index (χ0n) is 12.0. The van der Waals surface area contributed by atoms with Crippen LogP contribution in [0.4, 0.5) is 0 Å². The molecule has 1 N–H and O–H groups in total. The van der Waals surface area contributed by atoms with Gasteiger partial charge in [0.15, 0.2) is 0 Å². The molecule has 1 aromatic rings. The van der Waals surface area contributed by atoms with Crippen molar-refractivity contribution in [2.45, 2.75) is 46.7 Å². The van der Waals surface area contributed by atoms with Gasteiger partial charge >= 0.3 is 0 Å². The first-order valence-electron chi connectivity index (χ1n) is 7.10. The highest BCUT2D eigenvalue weighted by molar-refractivity contribution is 5.07. The third-order valence-electron chi connectivity index (χ3n) is 3.63. The second-order valence-corrected chi connectivity index (χ2v) is 6.13. The number of hydrogen-bond acceptors (Lipinski definition) is 3. The summed E-state index contributed by atoms with van der Waals surface area (Å²) in [6.07, 6.45) is 2.64. The molecular weight excluding hydrogens is 224 g/mol. The SMILES string of the molecule is CCNCc1ccc(CN2CCCC(C)(C)C2)o1. The van der Waals surface area contributed by atoms with Gasteiger partial charge in [-0.15, -0.1) is 0 Å². The molecule has 0 radical (unpaired) electrons. The van der Waals surface area contributed by atoms with Gasteiger partial charge in [0, 0.05) is 6.54 Å². The number of likely N-dealkylation sites (tertiary alicyclic amines) is 1. The Labute approximate surface area is 111 Å². The molecule has 0 amide bonds. The molecule has 3 heteroatoms. The molecule has 1 aromatic heterocycles. The van der Waals surface area contributed by atoms with Gasteiger partial charge in [0.1, 0.15) is 11.5 Å². The largest absolute Gasteiger partial charge is 0.463 e. The molecule has 0 bridgehead atoms. The van der Waals surface area contributed by atoms with Gasteiger partial charge in [-0.3, -0.25) is 4.90 Å². The van der Waals surface area contributed by atoms with Crippen LogP contribution in [-0.2, 0) is 13.1 Å². The average Bonchev–Trinajstić information content (AvgIpc) is 2.73. The summed E-state index contributed by atoms with van der Waals surface area (Å²) in [5.41, 5.74) is 0.456. The lowest BCUT2D eigenvalue weighted by molar-refractivity contribution is 0.104. The first-order valence-corrected chi connectivity index (χ1v) is 7.10. The van der Waals surface area contributed by atoms with Crippen molar-refractivity contribution in [2.75, 3.05) is 19.6 Å². The van der Waals surface area contributed by atoms with Crippen molar-refractivity contribution in [1.29, 1.82) is 0 Å². The fraction of sp³-hybridized carbons (Fsp3) is 0.733. The third-order valence-corrected chi connectivity index (χ3v) is 3.63. The van der Waals surface area contributed by atoms with E-state index in [1.165, 1.54) is 25.9 Å². The van der Waals surface area contributed by atoms with Crippen molar-refractivity contribution in [2.24, 2.45) is 5.41 Å². The monoisotopic (exact) mass is 250 g/mol. The Morgan fingerprint density at radius 3 is 2.83 bits per heavy atom. The highest BCUT2D eigenvalue weighted by atomic mass is 16.3. The smallest absolute Gasteiger partial charge is 0.118 e. The van der Waals surface area contributed by atoms with Gasteiger partial charge in [-0.05, 0) is 43.5 Å². The minimum Gasteiger partial charge on any atom is -0.463 e. The highest BCUT2D eigenvalue weighted by Crippen LogP contribution is 2.29. The predicted molar refractivity (Wildman–Crippen MR) is 74.4 cm³/mol. The van der Waals surface area contributed by atoms with Crippen molar-refractivity contribution in [3.8, 4) is 0 Å². The van der Waals surface area contributed by atoms with E-state index in [1.807, 2.05) is 0 Å². The average molecular weight is 250 g/mol. The molecule has 1 fully saturated rings. The fourth-order valence-electron chi connectivity index (χ4n) is 2.75. The van der Waals surface area contributed by atoms with Crippen LogP contribution in [0.25, 0.3) is 0 Å². The summed E-state index contributed by atoms with van der Waals surface area (Å²) in [7, 11) is 0. The van der Waals surface area contributed by atoms with Crippen molar-refractivity contribution in [3.05, 3.63) is 23.7 Å². The lowest BCUT2D eigenvalue weighted by Gasteiger charge is -2.37. The second-order valence-electron chi connectivity index (χ2n) is 6.13. The Hall–Kier alpha value is -0.800. The first-order chi connectivity index (χ1) is 8.59. The van der Waals surface area contributed by atoms with E-state index < -0.39 is 0 Å². The molecule has 102 valence electrons. The molecule has 0 aromatic carbocycles. The van der Waals surface area contributed by atoms with Crippen LogP contribution in [-0.4, -0.2) is 24.5 Å². The maximum Gasteiger partial charge on any atom is 0.118 e. The normalized spacial score (nSPS) is 20.2. The van der Waals surface area contributed by atoms with Crippen molar-refractivity contribution in [1.82, 2.24) is 10.2 Å². The van der Waals surface area contributed by atoms with Crippen molar-refractivity contribution in [3.63, 3.8) is 0 Å². The second kappa shape index (κ2) is 5.89. The van der Waals surface area contributed by atoms with Gasteiger partial charge in [0.05, 0.1) is 13.1 Å². The lowest BCUT2D eigenvalue weighted by Crippen LogP contribution is -2.39. The van der Waals surface area contributed by atoms with E-state index in [4.69, 9.17) is 4.42 Å². The molecule has 0 saturated carbocycles. The molecule has 3 nitrogen and oxygen atoms in total. The summed E-state index contributed by atoms with van der Waals surface area (Å²) in [5, 5.41) is 3.29. The van der Waals surface area contributed by atoms with E-state index >= 15 is 0 Å². The fourth-order valence-corrected chi connectivity index (χ4v) is 2.75. The van der Waals surface area contributed by atoms with Crippen LogP contribution in [0.5, 0.6) is 0 Å². The Bertz CT molecular complexity index is 370. The molecule has 1 aliphatic heterocycles. The van der Waals surface area contributed by atoms with E-state index in [1.54, 1.807) is 0 Å². The van der Waals surface area contributed by atoms with E-state index in [2.05, 4.69) is 43.1 Å². The number of hydrogen-bond donors (Lipinski definition) is 1. The number of nitrogens with one attached hydrogen (secondary N) is 1. The zero-order valence-corrected chi connectivity index (χ0v) is 12.0. The van der Waals surface area contributed by atoms with Crippen LogP contribution in [0, 0.1) is 5.41 Å². The molecule has 0 spiro atoms. The Kier molecular flexibility index (Phi) is 4.46. The maximum atomic E-state index is 5.85. The minimum absolute atomic E-state index is 0.456. The van der Waals surface area contributed by atoms with Gasteiger partial charge in [-0.25, -0.2) is 0 Å². The van der Waals surface area contributed by atoms with E-state index in [-0.39, 0.29) is 0 Å². The minimum atomic E-state index is 0.456. The molecular formula is C15H26N2O. The highest BCUT2D eigenvalue weighted by Gasteiger charge is 2.26. The third kappa shape index (κ3) is 3.85. The molecule has 2 rings (SSSR count). The van der Waals surface area contributed by atoms with Gasteiger partial charge in [-0.1, -0.05) is 20.8 Å². The standard InChI is InChI=1S/C15H26N2O/c1-4-16-10-13-6-7-14(18-13)11-17-9-5-8-15(2,3)12-17/h6-7,16H,4-5,8-12H2,1-3H3. The summed E-state index contributed by atoms with van der Waals surface area (Å²) in [5.74, 6) is 2.14. The van der Waals surface area contributed by atoms with Crippen molar-refractivity contribution < 1.29 is 4.42 Å². The topological polar surface area (TPSA) is 28.4 Å². The molecule has 1 aliphatic rings. The summed E-state index contributed by atoms with van der Waals surface area (Å²) >= 11 is 0. The quantitative estimate of drug-likeness (QED) is 0.871. The summed E-state index contributed by atoms with van der Waals surface area (Å²) in [6, 6.07) is 4.21. The number of rotatable bonds is 5. The van der Waals surface area contributed by atoms with Gasteiger partial charge < -0.3 is 9.73 Å². The van der Waals surface area contributed by atoms with E-state index in [9.17, 15) is 0 Å². The summed E-state index contributed by atoms with van der Waals surface area (Å²) < 4.78 is 5.85. The van der Waals surface area contributed by atoms with Gasteiger partial charge in [-0.2, -0.15) is 0 Å². The first kappa shape index (κ1) is 13.6. The van der Waals surface area contributed by atoms with E-state index in [0.29, 0.717) is 5.41 Å². The number of piperidine rings is 1. The van der Waals surface area contributed by atoms with Crippen molar-refractivity contribution >= 4 is 0 Å². The van der Waals surface area contributed by atoms with Gasteiger partial charge in [0.2, 0.25) is 0 Å². The molecule has 18 heavy (non-hydrogen) atoms. The zero-order chi connectivity index (χ0) is 13.0. The van der Waals surface area contributed by atoms with Gasteiger partial charge in [0.25, 0.3) is 0 Å². The summed E-state index contributed by atoms with van der Waals surface area (Å²) in [6.45, 7) is 12.0. The van der Waals surface area contributed by atoms with Crippen LogP contribution < -0.4 is 5.32 Å². The molecule has 2 heterocycles. The summed E-state index contributed by atoms with van der Waals surface area (Å²) in [4.78, 5) is 2.51. The Balaban J connectivity index is 1.87. The molecule has 1 saturated heterocycles. The predicted octanol–water partition coefficient (Wildman–Crippen LogP) is 3.01. The molecule has 0 atom stereocenters.